The van der Waals surface area contributed by atoms with E-state index in [2.05, 4.69) is 34.0 Å². The number of piperazine rings is 1. The van der Waals surface area contributed by atoms with Crippen molar-refractivity contribution < 1.29 is 4.74 Å². The van der Waals surface area contributed by atoms with Gasteiger partial charge in [-0.1, -0.05) is 0 Å². The van der Waals surface area contributed by atoms with Crippen LogP contribution >= 0.6 is 0 Å². The molecule has 1 saturated heterocycles. The van der Waals surface area contributed by atoms with E-state index in [0.29, 0.717) is 18.0 Å². The first-order chi connectivity index (χ1) is 8.54. The highest BCUT2D eigenvalue weighted by atomic mass is 16.5. The molecule has 0 aliphatic carbocycles. The van der Waals surface area contributed by atoms with E-state index in [1.54, 1.807) is 12.4 Å². The average molecular weight is 250 g/mol. The smallest absolute Gasteiger partial charge is 0.234 e. The Labute approximate surface area is 109 Å². The third kappa shape index (κ3) is 3.32. The summed E-state index contributed by atoms with van der Waals surface area (Å²) in [4.78, 5) is 11.0. The summed E-state index contributed by atoms with van der Waals surface area (Å²) >= 11 is 0. The van der Waals surface area contributed by atoms with Crippen LogP contribution in [0, 0.1) is 0 Å². The van der Waals surface area contributed by atoms with Gasteiger partial charge in [0.1, 0.15) is 0 Å². The molecule has 0 amide bonds. The van der Waals surface area contributed by atoms with Crippen molar-refractivity contribution in [2.24, 2.45) is 0 Å². The molecule has 5 heteroatoms. The van der Waals surface area contributed by atoms with Crippen LogP contribution in [0.1, 0.15) is 27.7 Å². The van der Waals surface area contributed by atoms with Crippen LogP contribution in [0.4, 0.5) is 5.82 Å². The lowest BCUT2D eigenvalue weighted by atomic mass is 10.1. The van der Waals surface area contributed by atoms with Crippen LogP contribution in [0.3, 0.4) is 0 Å². The predicted octanol–water partition coefficient (Wildman–Crippen LogP) is 1.45. The number of ether oxygens (including phenoxy) is 1. The maximum atomic E-state index is 5.58. The van der Waals surface area contributed by atoms with Crippen molar-refractivity contribution in [1.29, 1.82) is 0 Å². The number of nitrogens with one attached hydrogen (secondary N) is 1. The maximum Gasteiger partial charge on any atom is 0.234 e. The van der Waals surface area contributed by atoms with Crippen molar-refractivity contribution in [2.45, 2.75) is 45.9 Å². The van der Waals surface area contributed by atoms with E-state index >= 15 is 0 Å². The molecule has 1 N–H and O–H groups in total. The van der Waals surface area contributed by atoms with Crippen LogP contribution < -0.4 is 15.0 Å². The highest BCUT2D eigenvalue weighted by Crippen LogP contribution is 2.17. The van der Waals surface area contributed by atoms with Crippen molar-refractivity contribution in [1.82, 2.24) is 15.3 Å². The molecule has 2 atom stereocenters. The van der Waals surface area contributed by atoms with Crippen LogP contribution in [-0.2, 0) is 0 Å². The Hall–Kier alpha value is -1.36. The Bertz CT molecular complexity index is 386. The Balaban J connectivity index is 2.12. The molecule has 18 heavy (non-hydrogen) atoms. The predicted molar refractivity (Wildman–Crippen MR) is 72.1 cm³/mol. The van der Waals surface area contributed by atoms with Gasteiger partial charge in [0.2, 0.25) is 5.88 Å². The number of nitrogens with zero attached hydrogens (tertiary/aromatic N) is 3. The lowest BCUT2D eigenvalue weighted by Crippen LogP contribution is -2.54. The van der Waals surface area contributed by atoms with Crippen molar-refractivity contribution >= 4 is 5.82 Å². The van der Waals surface area contributed by atoms with E-state index in [1.807, 2.05) is 13.8 Å². The van der Waals surface area contributed by atoms with Gasteiger partial charge in [-0.15, -0.1) is 0 Å². The molecule has 0 saturated carbocycles. The first kappa shape index (κ1) is 13.1. The molecule has 100 valence electrons. The van der Waals surface area contributed by atoms with Gasteiger partial charge in [0.25, 0.3) is 0 Å². The van der Waals surface area contributed by atoms with Gasteiger partial charge in [-0.05, 0) is 27.7 Å². The molecule has 0 spiro atoms. The minimum Gasteiger partial charge on any atom is -0.474 e. The summed E-state index contributed by atoms with van der Waals surface area (Å²) in [6, 6.07) is 0.926. The van der Waals surface area contributed by atoms with Gasteiger partial charge in [-0.3, -0.25) is 4.98 Å². The van der Waals surface area contributed by atoms with Crippen LogP contribution in [-0.4, -0.2) is 41.2 Å². The Morgan fingerprint density at radius 2 is 1.94 bits per heavy atom. The second-order valence-electron chi connectivity index (χ2n) is 5.26. The van der Waals surface area contributed by atoms with E-state index in [4.69, 9.17) is 4.74 Å². The SMILES string of the molecule is CC1CN(c2cncc(OC(C)C)n2)CC(C)N1. The highest BCUT2D eigenvalue weighted by molar-refractivity contribution is 5.39. The minimum absolute atomic E-state index is 0.121. The quantitative estimate of drug-likeness (QED) is 0.880. The molecule has 1 fully saturated rings. The van der Waals surface area contributed by atoms with Crippen LogP contribution in [0.5, 0.6) is 5.88 Å². The standard InChI is InChI=1S/C13H22N4O/c1-9(2)18-13-6-14-5-12(16-13)17-7-10(3)15-11(4)8-17/h5-6,9-11,15H,7-8H2,1-4H3. The zero-order valence-electron chi connectivity index (χ0n) is 11.6. The second kappa shape index (κ2) is 5.52. The Morgan fingerprint density at radius 3 is 2.56 bits per heavy atom. The number of hydrogen-bond donors (Lipinski definition) is 1. The van der Waals surface area contributed by atoms with Crippen molar-refractivity contribution in [2.75, 3.05) is 18.0 Å². The fourth-order valence-corrected chi connectivity index (χ4v) is 2.30. The first-order valence-corrected chi connectivity index (χ1v) is 6.54. The minimum atomic E-state index is 0.121. The number of anilines is 1. The van der Waals surface area contributed by atoms with E-state index in [1.165, 1.54) is 0 Å². The topological polar surface area (TPSA) is 50.3 Å². The zero-order chi connectivity index (χ0) is 13.1. The fraction of sp³-hybridized carbons (Fsp3) is 0.692. The molecule has 1 aliphatic rings. The average Bonchev–Trinajstić information content (AvgIpc) is 2.27. The summed E-state index contributed by atoms with van der Waals surface area (Å²) < 4.78 is 5.58. The highest BCUT2D eigenvalue weighted by Gasteiger charge is 2.22. The van der Waals surface area contributed by atoms with Gasteiger partial charge in [-0.2, -0.15) is 4.98 Å². The van der Waals surface area contributed by atoms with Crippen molar-refractivity contribution in [3.8, 4) is 5.88 Å². The lowest BCUT2D eigenvalue weighted by Gasteiger charge is -2.36. The van der Waals surface area contributed by atoms with E-state index in [9.17, 15) is 0 Å². The number of aromatic nitrogens is 2. The van der Waals surface area contributed by atoms with Gasteiger partial charge in [0, 0.05) is 25.2 Å². The molecule has 1 aromatic rings. The largest absolute Gasteiger partial charge is 0.474 e. The normalized spacial score (nSPS) is 24.4. The van der Waals surface area contributed by atoms with E-state index in [0.717, 1.165) is 18.9 Å². The van der Waals surface area contributed by atoms with Gasteiger partial charge in [0.15, 0.2) is 5.82 Å². The molecule has 2 rings (SSSR count). The van der Waals surface area contributed by atoms with Crippen LogP contribution in [0.25, 0.3) is 0 Å². The van der Waals surface area contributed by atoms with Gasteiger partial charge in [0.05, 0.1) is 18.5 Å². The Morgan fingerprint density at radius 1 is 1.28 bits per heavy atom. The zero-order valence-corrected chi connectivity index (χ0v) is 11.6. The third-order valence-corrected chi connectivity index (χ3v) is 2.84. The molecule has 2 unspecified atom stereocenters. The molecular formula is C13H22N4O. The molecule has 5 nitrogen and oxygen atoms in total. The summed E-state index contributed by atoms with van der Waals surface area (Å²) in [6.45, 7) is 10.2. The molecule has 1 aromatic heterocycles. The van der Waals surface area contributed by atoms with Crippen molar-refractivity contribution in [3.63, 3.8) is 0 Å². The van der Waals surface area contributed by atoms with Gasteiger partial charge < -0.3 is 15.0 Å². The fourth-order valence-electron chi connectivity index (χ4n) is 2.30. The van der Waals surface area contributed by atoms with Crippen LogP contribution in [0.2, 0.25) is 0 Å². The van der Waals surface area contributed by atoms with E-state index in [-0.39, 0.29) is 6.10 Å². The number of hydrogen-bond acceptors (Lipinski definition) is 5. The number of rotatable bonds is 3. The van der Waals surface area contributed by atoms with Crippen LogP contribution in [0.15, 0.2) is 12.4 Å². The van der Waals surface area contributed by atoms with Crippen molar-refractivity contribution in [3.05, 3.63) is 12.4 Å². The molecule has 0 radical (unpaired) electrons. The molecule has 1 aliphatic heterocycles. The molecular weight excluding hydrogens is 228 g/mol. The summed E-state index contributed by atoms with van der Waals surface area (Å²) in [5.74, 6) is 1.50. The summed E-state index contributed by atoms with van der Waals surface area (Å²) in [5.41, 5.74) is 0. The van der Waals surface area contributed by atoms with Gasteiger partial charge in [-0.25, -0.2) is 0 Å². The molecule has 2 heterocycles. The molecule has 0 aromatic carbocycles. The lowest BCUT2D eigenvalue weighted by molar-refractivity contribution is 0.231. The first-order valence-electron chi connectivity index (χ1n) is 6.54. The summed E-state index contributed by atoms with van der Waals surface area (Å²) in [7, 11) is 0. The van der Waals surface area contributed by atoms with Gasteiger partial charge >= 0.3 is 0 Å². The monoisotopic (exact) mass is 250 g/mol. The summed E-state index contributed by atoms with van der Waals surface area (Å²) in [6.07, 6.45) is 3.59. The summed E-state index contributed by atoms with van der Waals surface area (Å²) in [5, 5.41) is 3.50. The molecule has 0 bridgehead atoms. The third-order valence-electron chi connectivity index (χ3n) is 2.84. The maximum absolute atomic E-state index is 5.58. The van der Waals surface area contributed by atoms with E-state index < -0.39 is 0 Å². The Kier molecular flexibility index (Phi) is 4.01. The second-order valence-corrected chi connectivity index (χ2v) is 5.26.